The van der Waals surface area contributed by atoms with E-state index in [0.29, 0.717) is 61.1 Å². The number of carbonyl (C=O) groups is 2. The van der Waals surface area contributed by atoms with Gasteiger partial charge in [-0.05, 0) is 49.9 Å². The maximum Gasteiger partial charge on any atom is 0.320 e. The lowest BCUT2D eigenvalue weighted by Crippen LogP contribution is -2.48. The van der Waals surface area contributed by atoms with Crippen LogP contribution >= 0.6 is 0 Å². The van der Waals surface area contributed by atoms with Crippen LogP contribution in [0.25, 0.3) is 28.0 Å². The Hall–Kier alpha value is -5.29. The van der Waals surface area contributed by atoms with Gasteiger partial charge in [-0.1, -0.05) is 18.2 Å². The summed E-state index contributed by atoms with van der Waals surface area (Å²) in [5, 5.41) is 17.9. The summed E-state index contributed by atoms with van der Waals surface area (Å²) < 4.78 is 22.6. The Balaban J connectivity index is 1.14. The van der Waals surface area contributed by atoms with E-state index in [1.54, 1.807) is 40.0 Å². The fraction of sp³-hybridized carbons (Fsp3) is 0.371. The number of hydrogen-bond acceptors (Lipinski definition) is 10. The monoisotopic (exact) mass is 697 g/mol. The molecule has 1 aromatic carbocycles. The van der Waals surface area contributed by atoms with Crippen LogP contribution in [-0.2, 0) is 20.9 Å². The minimum absolute atomic E-state index is 0.0107. The molecule has 2 N–H and O–H groups in total. The van der Waals surface area contributed by atoms with Gasteiger partial charge in [-0.25, -0.2) is 24.1 Å². The van der Waals surface area contributed by atoms with Crippen LogP contribution in [0.1, 0.15) is 17.2 Å². The first-order valence-electron chi connectivity index (χ1n) is 16.8. The number of amides is 3. The van der Waals surface area contributed by atoms with Crippen molar-refractivity contribution < 1.29 is 23.6 Å². The summed E-state index contributed by atoms with van der Waals surface area (Å²) in [5.74, 6) is -0.163. The smallest absolute Gasteiger partial charge is 0.320 e. The van der Waals surface area contributed by atoms with E-state index in [-0.39, 0.29) is 12.5 Å². The molecule has 266 valence electrons. The number of rotatable bonds is 10. The molecule has 2 atom stereocenters. The normalized spacial score (nSPS) is 18.4. The van der Waals surface area contributed by atoms with Crippen LogP contribution in [0.15, 0.2) is 67.1 Å². The SMILES string of the molecule is COCCN1C[C@@H](NC(=O)Nc2c(C)c(-c3cnc4c(cnn4CC(=O)N4CCN(C)CC4)c3)nn2-c2ccccc2)[C@H](c2ccnc(F)c2)O1. The molecule has 16 heteroatoms. The number of fused-ring (bicyclic) bond motifs is 1. The van der Waals surface area contributed by atoms with E-state index in [1.807, 2.05) is 48.2 Å². The highest BCUT2D eigenvalue weighted by Gasteiger charge is 2.37. The molecular formula is C35H40FN11O4. The van der Waals surface area contributed by atoms with E-state index < -0.39 is 24.1 Å². The molecule has 0 radical (unpaired) electrons. The number of carbonyl (C=O) groups excluding carboxylic acids is 2. The number of likely N-dealkylation sites (N-methyl/N-ethyl adjacent to an activating group) is 1. The van der Waals surface area contributed by atoms with Gasteiger partial charge in [0.2, 0.25) is 11.9 Å². The zero-order valence-electron chi connectivity index (χ0n) is 28.7. The lowest BCUT2D eigenvalue weighted by molar-refractivity contribution is -0.154. The van der Waals surface area contributed by atoms with Gasteiger partial charge >= 0.3 is 6.03 Å². The molecule has 2 aliphatic rings. The Kier molecular flexibility index (Phi) is 9.99. The number of nitrogens with one attached hydrogen (secondary N) is 2. The Labute approximate surface area is 293 Å². The zero-order chi connectivity index (χ0) is 35.5. The Morgan fingerprint density at radius 2 is 1.86 bits per heavy atom. The average molecular weight is 698 g/mol. The lowest BCUT2D eigenvalue weighted by Gasteiger charge is -2.32. The maximum absolute atomic E-state index is 14.1. The molecule has 0 bridgehead atoms. The van der Waals surface area contributed by atoms with Crippen molar-refractivity contribution in [2.75, 3.05) is 65.3 Å². The van der Waals surface area contributed by atoms with Gasteiger partial charge < -0.3 is 19.9 Å². The maximum atomic E-state index is 14.1. The number of aromatic nitrogens is 6. The van der Waals surface area contributed by atoms with Gasteiger partial charge in [-0.2, -0.15) is 19.7 Å². The molecule has 4 aromatic heterocycles. The summed E-state index contributed by atoms with van der Waals surface area (Å²) in [6, 6.07) is 13.4. The van der Waals surface area contributed by atoms with E-state index in [2.05, 4.69) is 32.7 Å². The number of piperazine rings is 1. The highest BCUT2D eigenvalue weighted by atomic mass is 19.1. The quantitative estimate of drug-likeness (QED) is 0.209. The van der Waals surface area contributed by atoms with Crippen LogP contribution in [0.5, 0.6) is 0 Å². The fourth-order valence-electron chi connectivity index (χ4n) is 6.42. The van der Waals surface area contributed by atoms with Crippen LogP contribution in [0, 0.1) is 12.9 Å². The minimum Gasteiger partial charge on any atom is -0.383 e. The molecule has 2 fully saturated rings. The third-order valence-corrected chi connectivity index (χ3v) is 9.21. The topological polar surface area (TPSA) is 148 Å². The van der Waals surface area contributed by atoms with Gasteiger partial charge in [0.05, 0.1) is 30.2 Å². The van der Waals surface area contributed by atoms with Gasteiger partial charge in [0.1, 0.15) is 18.5 Å². The Morgan fingerprint density at radius 3 is 2.63 bits per heavy atom. The van der Waals surface area contributed by atoms with E-state index in [0.717, 1.165) is 29.7 Å². The number of nitrogens with zero attached hydrogens (tertiary/aromatic N) is 9. The molecule has 5 aromatic rings. The lowest BCUT2D eigenvalue weighted by atomic mass is 10.0. The molecule has 0 spiro atoms. The standard InChI is InChI=1S/C35H40FN11O4/c1-23-31(25-17-26-20-39-46(34(26)38-19-25)22-30(48)44-13-11-43(2)12-14-44)42-47(27-7-5-4-6-8-27)33(23)41-35(49)40-28-21-45(15-16-50-3)51-32(28)24-9-10-37-29(36)18-24/h4-10,17-20,28,32H,11-16,21-22H2,1-3H3,(H2,40,41,49)/t28-,32+/m1/s1. The second-order valence-electron chi connectivity index (χ2n) is 12.7. The Bertz CT molecular complexity index is 2010. The molecule has 6 heterocycles. The summed E-state index contributed by atoms with van der Waals surface area (Å²) in [6.07, 6.45) is 4.14. The van der Waals surface area contributed by atoms with Gasteiger partial charge in [0.15, 0.2) is 5.65 Å². The van der Waals surface area contributed by atoms with Gasteiger partial charge in [-0.15, -0.1) is 0 Å². The first kappa shape index (κ1) is 34.2. The molecule has 0 unspecified atom stereocenters. The zero-order valence-corrected chi connectivity index (χ0v) is 28.7. The number of para-hydroxylation sites is 1. The summed E-state index contributed by atoms with van der Waals surface area (Å²) in [5.41, 5.74) is 3.94. The molecule has 51 heavy (non-hydrogen) atoms. The van der Waals surface area contributed by atoms with Crippen LogP contribution in [0.3, 0.4) is 0 Å². The van der Waals surface area contributed by atoms with Crippen molar-refractivity contribution in [3.05, 3.63) is 84.2 Å². The third-order valence-electron chi connectivity index (χ3n) is 9.21. The van der Waals surface area contributed by atoms with Crippen LogP contribution < -0.4 is 10.6 Å². The first-order valence-corrected chi connectivity index (χ1v) is 16.8. The molecule has 2 aliphatic heterocycles. The minimum atomic E-state index is -0.642. The number of pyridine rings is 2. The van der Waals surface area contributed by atoms with E-state index >= 15 is 0 Å². The predicted octanol–water partition coefficient (Wildman–Crippen LogP) is 3.03. The number of hydroxylamine groups is 2. The number of benzene rings is 1. The highest BCUT2D eigenvalue weighted by Crippen LogP contribution is 2.33. The number of anilines is 1. The van der Waals surface area contributed by atoms with Gasteiger partial charge in [-0.3, -0.25) is 14.9 Å². The molecule has 2 saturated heterocycles. The van der Waals surface area contributed by atoms with Crippen LogP contribution in [-0.4, -0.2) is 122 Å². The average Bonchev–Trinajstić information content (AvgIpc) is 3.83. The number of ether oxygens (including phenoxy) is 1. The first-order chi connectivity index (χ1) is 24.8. The Morgan fingerprint density at radius 1 is 1.06 bits per heavy atom. The number of methoxy groups -OCH3 is 1. The molecule has 7 rings (SSSR count). The van der Waals surface area contributed by atoms with Crippen molar-refractivity contribution in [3.8, 4) is 16.9 Å². The van der Waals surface area contributed by atoms with Crippen molar-refractivity contribution in [1.82, 2.24) is 49.7 Å². The van der Waals surface area contributed by atoms with E-state index in [1.165, 1.54) is 12.3 Å². The molecule has 3 amide bonds. The van der Waals surface area contributed by atoms with Crippen molar-refractivity contribution in [2.45, 2.75) is 25.6 Å². The predicted molar refractivity (Wildman–Crippen MR) is 186 cm³/mol. The highest BCUT2D eigenvalue weighted by molar-refractivity contribution is 5.91. The van der Waals surface area contributed by atoms with Crippen molar-refractivity contribution in [1.29, 1.82) is 0 Å². The molecule has 0 saturated carbocycles. The van der Waals surface area contributed by atoms with Crippen molar-refractivity contribution in [3.63, 3.8) is 0 Å². The van der Waals surface area contributed by atoms with E-state index in [4.69, 9.17) is 19.7 Å². The molecule has 15 nitrogen and oxygen atoms in total. The third kappa shape index (κ3) is 7.44. The fourth-order valence-corrected chi connectivity index (χ4v) is 6.42. The summed E-state index contributed by atoms with van der Waals surface area (Å²) >= 11 is 0. The second-order valence-corrected chi connectivity index (χ2v) is 12.7. The largest absolute Gasteiger partial charge is 0.383 e. The number of hydrogen-bond donors (Lipinski definition) is 2. The number of halogens is 1. The number of urea groups is 1. The van der Waals surface area contributed by atoms with Gasteiger partial charge in [0, 0.05) is 75.3 Å². The summed E-state index contributed by atoms with van der Waals surface area (Å²) in [7, 11) is 3.65. The molecular weight excluding hydrogens is 657 g/mol. The van der Waals surface area contributed by atoms with Crippen molar-refractivity contribution >= 4 is 28.8 Å². The summed E-state index contributed by atoms with van der Waals surface area (Å²) in [4.78, 5) is 45.2. The second kappa shape index (κ2) is 14.9. The van der Waals surface area contributed by atoms with Gasteiger partial charge in [0.25, 0.3) is 0 Å². The van der Waals surface area contributed by atoms with E-state index in [9.17, 15) is 14.0 Å². The van der Waals surface area contributed by atoms with Crippen molar-refractivity contribution in [2.24, 2.45) is 0 Å². The summed E-state index contributed by atoms with van der Waals surface area (Å²) in [6.45, 7) is 6.30. The molecule has 0 aliphatic carbocycles. The van der Waals surface area contributed by atoms with Crippen LogP contribution in [0.4, 0.5) is 15.0 Å². The van der Waals surface area contributed by atoms with Crippen LogP contribution in [0.2, 0.25) is 0 Å².